The van der Waals surface area contributed by atoms with Gasteiger partial charge in [0, 0.05) is 37.0 Å². The van der Waals surface area contributed by atoms with Crippen LogP contribution >= 0.6 is 11.6 Å². The molecule has 0 aliphatic carbocycles. The van der Waals surface area contributed by atoms with Crippen molar-refractivity contribution in [2.45, 2.75) is 39.2 Å². The van der Waals surface area contributed by atoms with Gasteiger partial charge < -0.3 is 9.42 Å². The van der Waals surface area contributed by atoms with Gasteiger partial charge in [0.25, 0.3) is 5.89 Å². The maximum atomic E-state index is 12.6. The molecule has 1 aliphatic heterocycles. The van der Waals surface area contributed by atoms with Crippen molar-refractivity contribution in [3.63, 3.8) is 0 Å². The average molecular weight is 401 g/mol. The van der Waals surface area contributed by atoms with Crippen molar-refractivity contribution in [3.8, 4) is 11.5 Å². The zero-order valence-corrected chi connectivity index (χ0v) is 16.6. The summed E-state index contributed by atoms with van der Waals surface area (Å²) in [6.07, 6.45) is 5.00. The molecule has 0 unspecified atom stereocenters. The number of carbonyl (C=O) groups excluding carboxylic acids is 1. The molecule has 1 fully saturated rings. The van der Waals surface area contributed by atoms with Crippen molar-refractivity contribution >= 4 is 17.5 Å². The molecule has 28 heavy (non-hydrogen) atoms. The molecule has 0 bridgehead atoms. The predicted molar refractivity (Wildman–Crippen MR) is 103 cm³/mol. The van der Waals surface area contributed by atoms with Crippen molar-refractivity contribution in [2.24, 2.45) is 0 Å². The number of nitrogens with zero attached hydrogens (tertiary/aromatic N) is 6. The Kier molecular flexibility index (Phi) is 5.13. The minimum atomic E-state index is 0.0475. The normalized spacial score (nSPS) is 15.2. The maximum absolute atomic E-state index is 12.6. The number of carbonyl (C=O) groups is 1. The van der Waals surface area contributed by atoms with E-state index in [4.69, 9.17) is 16.1 Å². The second-order valence-electron chi connectivity index (χ2n) is 6.99. The summed E-state index contributed by atoms with van der Waals surface area (Å²) in [6.45, 7) is 5.25. The molecule has 0 saturated carbocycles. The molecular weight excluding hydrogens is 380 g/mol. The van der Waals surface area contributed by atoms with Crippen LogP contribution < -0.4 is 0 Å². The number of amides is 1. The first-order valence-corrected chi connectivity index (χ1v) is 9.62. The van der Waals surface area contributed by atoms with E-state index < -0.39 is 0 Å². The molecule has 1 amide bonds. The van der Waals surface area contributed by atoms with Gasteiger partial charge in [-0.05, 0) is 38.8 Å². The van der Waals surface area contributed by atoms with Gasteiger partial charge in [-0.3, -0.25) is 14.5 Å². The topological polar surface area (TPSA) is 89.9 Å². The highest BCUT2D eigenvalue weighted by Gasteiger charge is 2.27. The highest BCUT2D eigenvalue weighted by molar-refractivity contribution is 6.31. The molecule has 0 N–H and O–H groups in total. The lowest BCUT2D eigenvalue weighted by molar-refractivity contribution is -0.133. The molecular formula is C19H21ClN6O2. The summed E-state index contributed by atoms with van der Waals surface area (Å²) >= 11 is 6.17. The monoisotopic (exact) mass is 400 g/mol. The van der Waals surface area contributed by atoms with Gasteiger partial charge in [0.05, 0.1) is 16.4 Å². The van der Waals surface area contributed by atoms with Crippen LogP contribution in [0.2, 0.25) is 5.02 Å². The maximum Gasteiger partial charge on any atom is 0.258 e. The van der Waals surface area contributed by atoms with Gasteiger partial charge in [-0.1, -0.05) is 16.8 Å². The Bertz CT molecular complexity index is 976. The number of rotatable bonds is 4. The van der Waals surface area contributed by atoms with E-state index in [0.29, 0.717) is 29.8 Å². The van der Waals surface area contributed by atoms with Gasteiger partial charge in [0.1, 0.15) is 6.54 Å². The molecule has 4 rings (SSSR count). The fraction of sp³-hybridized carbons (Fsp3) is 0.421. The lowest BCUT2D eigenvalue weighted by Gasteiger charge is -2.30. The number of aryl methyl sites for hydroxylation is 1. The van der Waals surface area contributed by atoms with Crippen LogP contribution in [0.1, 0.15) is 36.0 Å². The molecule has 146 valence electrons. The summed E-state index contributed by atoms with van der Waals surface area (Å²) in [6, 6.07) is 3.67. The predicted octanol–water partition coefficient (Wildman–Crippen LogP) is 3.00. The standard InChI is InChI=1S/C19H21ClN6O2/c1-12-17(20)13(2)26(23-12)11-16(27)25-9-5-14(6-10-25)18-22-19(28-24-18)15-3-7-21-8-4-15/h3-4,7-8,14H,5-6,9-11H2,1-2H3. The van der Waals surface area contributed by atoms with Gasteiger partial charge in [0.2, 0.25) is 5.91 Å². The second kappa shape index (κ2) is 7.71. The minimum absolute atomic E-state index is 0.0475. The van der Waals surface area contributed by atoms with E-state index in [1.165, 1.54) is 0 Å². The Morgan fingerprint density at radius 1 is 1.25 bits per heavy atom. The smallest absolute Gasteiger partial charge is 0.258 e. The van der Waals surface area contributed by atoms with Crippen LogP contribution in [0.3, 0.4) is 0 Å². The van der Waals surface area contributed by atoms with E-state index >= 15 is 0 Å². The number of aromatic nitrogens is 5. The van der Waals surface area contributed by atoms with Crippen molar-refractivity contribution in [3.05, 3.63) is 46.8 Å². The lowest BCUT2D eigenvalue weighted by atomic mass is 9.96. The molecule has 1 aliphatic rings. The van der Waals surface area contributed by atoms with Gasteiger partial charge in [-0.2, -0.15) is 10.1 Å². The van der Waals surface area contributed by atoms with Gasteiger partial charge in [0.15, 0.2) is 5.82 Å². The van der Waals surface area contributed by atoms with Crippen LogP contribution in [0.5, 0.6) is 0 Å². The van der Waals surface area contributed by atoms with Crippen LogP contribution in [0, 0.1) is 13.8 Å². The van der Waals surface area contributed by atoms with Gasteiger partial charge in [-0.15, -0.1) is 0 Å². The Morgan fingerprint density at radius 2 is 1.96 bits per heavy atom. The molecule has 4 heterocycles. The molecule has 0 atom stereocenters. The van der Waals surface area contributed by atoms with Crippen LogP contribution in [-0.4, -0.2) is 48.8 Å². The number of piperidine rings is 1. The van der Waals surface area contributed by atoms with E-state index in [9.17, 15) is 4.79 Å². The van der Waals surface area contributed by atoms with E-state index in [2.05, 4.69) is 20.2 Å². The van der Waals surface area contributed by atoms with Crippen LogP contribution in [0.15, 0.2) is 29.0 Å². The first kappa shape index (κ1) is 18.6. The summed E-state index contributed by atoms with van der Waals surface area (Å²) in [5, 5.41) is 9.10. The van der Waals surface area contributed by atoms with Crippen molar-refractivity contribution < 1.29 is 9.32 Å². The number of hydrogen-bond acceptors (Lipinski definition) is 6. The number of likely N-dealkylation sites (tertiary alicyclic amines) is 1. The summed E-state index contributed by atoms with van der Waals surface area (Å²) in [5.41, 5.74) is 2.41. The average Bonchev–Trinajstić information content (AvgIpc) is 3.31. The Hall–Kier alpha value is -2.74. The fourth-order valence-electron chi connectivity index (χ4n) is 3.46. The minimum Gasteiger partial charge on any atom is -0.341 e. The highest BCUT2D eigenvalue weighted by atomic mass is 35.5. The largest absolute Gasteiger partial charge is 0.341 e. The number of pyridine rings is 1. The molecule has 3 aromatic rings. The summed E-state index contributed by atoms with van der Waals surface area (Å²) in [5.74, 6) is 1.43. The summed E-state index contributed by atoms with van der Waals surface area (Å²) < 4.78 is 7.06. The van der Waals surface area contributed by atoms with E-state index in [-0.39, 0.29) is 18.4 Å². The quantitative estimate of drug-likeness (QED) is 0.668. The van der Waals surface area contributed by atoms with E-state index in [1.807, 2.05) is 30.9 Å². The van der Waals surface area contributed by atoms with E-state index in [1.54, 1.807) is 17.1 Å². The lowest BCUT2D eigenvalue weighted by Crippen LogP contribution is -2.40. The molecule has 1 saturated heterocycles. The molecule has 8 nitrogen and oxygen atoms in total. The molecule has 0 aromatic carbocycles. The third kappa shape index (κ3) is 3.64. The zero-order chi connectivity index (χ0) is 19.7. The SMILES string of the molecule is Cc1nn(CC(=O)N2CCC(c3noc(-c4ccncc4)n3)CC2)c(C)c1Cl. The number of halogens is 1. The van der Waals surface area contributed by atoms with Crippen molar-refractivity contribution in [1.82, 2.24) is 29.8 Å². The van der Waals surface area contributed by atoms with Crippen molar-refractivity contribution in [2.75, 3.05) is 13.1 Å². The Morgan fingerprint density at radius 3 is 2.61 bits per heavy atom. The molecule has 0 spiro atoms. The molecule has 3 aromatic heterocycles. The van der Waals surface area contributed by atoms with E-state index in [0.717, 1.165) is 29.8 Å². The zero-order valence-electron chi connectivity index (χ0n) is 15.8. The highest BCUT2D eigenvalue weighted by Crippen LogP contribution is 2.28. The van der Waals surface area contributed by atoms with Crippen LogP contribution in [-0.2, 0) is 11.3 Å². The third-order valence-corrected chi connectivity index (χ3v) is 5.71. The number of hydrogen-bond donors (Lipinski definition) is 0. The third-order valence-electron chi connectivity index (χ3n) is 5.16. The fourth-order valence-corrected chi connectivity index (χ4v) is 3.59. The van der Waals surface area contributed by atoms with Crippen LogP contribution in [0.25, 0.3) is 11.5 Å². The summed E-state index contributed by atoms with van der Waals surface area (Å²) in [4.78, 5) is 23.0. The van der Waals surface area contributed by atoms with Gasteiger partial charge in [-0.25, -0.2) is 0 Å². The first-order valence-electron chi connectivity index (χ1n) is 9.24. The second-order valence-corrected chi connectivity index (χ2v) is 7.37. The van der Waals surface area contributed by atoms with Gasteiger partial charge >= 0.3 is 0 Å². The summed E-state index contributed by atoms with van der Waals surface area (Å²) in [7, 11) is 0. The van der Waals surface area contributed by atoms with Crippen LogP contribution in [0.4, 0.5) is 0 Å². The Labute approximate surface area is 167 Å². The molecule has 9 heteroatoms. The molecule has 0 radical (unpaired) electrons. The van der Waals surface area contributed by atoms with Crippen molar-refractivity contribution in [1.29, 1.82) is 0 Å². The first-order chi connectivity index (χ1) is 13.5. The Balaban J connectivity index is 1.36.